The van der Waals surface area contributed by atoms with Gasteiger partial charge in [-0.25, -0.2) is 0 Å². The number of ether oxygens (including phenoxy) is 2. The summed E-state index contributed by atoms with van der Waals surface area (Å²) in [4.78, 5) is 2.36. The summed E-state index contributed by atoms with van der Waals surface area (Å²) in [5.41, 5.74) is 15.1. The predicted octanol–water partition coefficient (Wildman–Crippen LogP) is 15.3. The van der Waals surface area contributed by atoms with Crippen LogP contribution in [0.4, 0.5) is 11.4 Å². The average Bonchev–Trinajstić information content (AvgIpc) is 3.92. The summed E-state index contributed by atoms with van der Waals surface area (Å²) in [6.45, 7) is 0. The van der Waals surface area contributed by atoms with E-state index < -0.39 is 5.41 Å². The van der Waals surface area contributed by atoms with Crippen molar-refractivity contribution in [2.45, 2.75) is 18.3 Å². The van der Waals surface area contributed by atoms with Crippen molar-refractivity contribution in [1.29, 1.82) is 0 Å². The number of nitrogens with zero attached hydrogens (tertiary/aromatic N) is 1. The first-order chi connectivity index (χ1) is 29.3. The van der Waals surface area contributed by atoms with Crippen LogP contribution in [0, 0.1) is 0 Å². The Morgan fingerprint density at radius 1 is 0.458 bits per heavy atom. The smallest absolute Gasteiger partial charge is 0.194 e. The molecular weight excluding hydrogens is 739 g/mol. The maximum Gasteiger partial charge on any atom is 0.194 e. The van der Waals surface area contributed by atoms with Crippen LogP contribution < -0.4 is 14.4 Å². The van der Waals surface area contributed by atoms with Crippen molar-refractivity contribution in [2.75, 3.05) is 4.90 Å². The summed E-state index contributed by atoms with van der Waals surface area (Å²) in [6, 6.07) is 61.8. The van der Waals surface area contributed by atoms with E-state index in [9.17, 15) is 0 Å². The van der Waals surface area contributed by atoms with Crippen LogP contribution in [0.1, 0.15) is 35.1 Å². The minimum Gasteiger partial charge on any atom is -0.449 e. The van der Waals surface area contributed by atoms with Crippen LogP contribution in [-0.2, 0) is 5.41 Å². The van der Waals surface area contributed by atoms with Gasteiger partial charge in [0.25, 0.3) is 0 Å². The summed E-state index contributed by atoms with van der Waals surface area (Å²) in [5, 5.41) is 2.60. The third kappa shape index (κ3) is 4.58. The first-order valence-electron chi connectivity index (χ1n) is 20.4. The molecule has 2 heterocycles. The Morgan fingerprint density at radius 2 is 1.10 bits per heavy atom. The number of hydrogen-bond acceptors (Lipinski definition) is 4. The molecule has 1 aliphatic heterocycles. The van der Waals surface area contributed by atoms with Gasteiger partial charge in [-0.3, -0.25) is 0 Å². The molecule has 0 saturated heterocycles. The van der Waals surface area contributed by atoms with Crippen molar-refractivity contribution in [3.05, 3.63) is 216 Å². The lowest BCUT2D eigenvalue weighted by molar-refractivity contribution is 0.360. The second-order valence-corrected chi connectivity index (χ2v) is 16.9. The van der Waals surface area contributed by atoms with E-state index >= 15 is 0 Å². The van der Waals surface area contributed by atoms with Gasteiger partial charge in [-0.15, -0.1) is 11.3 Å². The highest BCUT2D eigenvalue weighted by atomic mass is 32.1. The summed E-state index contributed by atoms with van der Waals surface area (Å²) < 4.78 is 16.7. The number of anilines is 2. The minimum absolute atomic E-state index is 0.477. The monoisotopic (exact) mass is 773 g/mol. The number of allylic oxidation sites excluding steroid dienone is 3. The standard InChI is InChI=1S/C55H35NO2S/c1-2-15-35(16-3-1)56(47-25-12-7-17-36(47)34-29-30-41-40-21-8-13-28-52(40)59-53(41)31-34)48-26-14-27-49-54(48)58-51-33-46-42(32-50(51)57-49)39-20-6-11-24-45(39)55(46)43-22-9-4-18-37(43)38-19-5-10-23-44(38)55/h2,4-33H,1,3H2. The van der Waals surface area contributed by atoms with E-state index in [2.05, 4.69) is 187 Å². The molecule has 0 fully saturated rings. The zero-order valence-electron chi connectivity index (χ0n) is 32.0. The highest BCUT2D eigenvalue weighted by molar-refractivity contribution is 7.25. The zero-order valence-corrected chi connectivity index (χ0v) is 32.8. The van der Waals surface area contributed by atoms with Gasteiger partial charge < -0.3 is 14.4 Å². The number of thiophene rings is 1. The van der Waals surface area contributed by atoms with Gasteiger partial charge in [0.15, 0.2) is 23.0 Å². The highest BCUT2D eigenvalue weighted by Gasteiger charge is 2.52. The lowest BCUT2D eigenvalue weighted by Gasteiger charge is -2.33. The molecule has 4 aliphatic rings. The average molecular weight is 774 g/mol. The lowest BCUT2D eigenvalue weighted by Crippen LogP contribution is -2.26. The van der Waals surface area contributed by atoms with Crippen molar-refractivity contribution < 1.29 is 9.47 Å². The molecule has 59 heavy (non-hydrogen) atoms. The zero-order chi connectivity index (χ0) is 38.7. The van der Waals surface area contributed by atoms with E-state index in [1.807, 2.05) is 17.4 Å². The van der Waals surface area contributed by atoms with Crippen LogP contribution in [0.3, 0.4) is 0 Å². The van der Waals surface area contributed by atoms with Crippen LogP contribution >= 0.6 is 11.3 Å². The topological polar surface area (TPSA) is 21.7 Å². The summed E-state index contributed by atoms with van der Waals surface area (Å²) >= 11 is 1.85. The van der Waals surface area contributed by atoms with Gasteiger partial charge in [0, 0.05) is 31.4 Å². The van der Waals surface area contributed by atoms with Gasteiger partial charge in [0.1, 0.15) is 0 Å². The maximum absolute atomic E-state index is 7.23. The molecule has 0 radical (unpaired) electrons. The molecule has 1 aromatic heterocycles. The number of fused-ring (bicyclic) bond motifs is 15. The molecule has 278 valence electrons. The molecular formula is C55H35NO2S. The van der Waals surface area contributed by atoms with Gasteiger partial charge >= 0.3 is 0 Å². The Kier molecular flexibility index (Phi) is 6.93. The Hall–Kier alpha value is -7.14. The fourth-order valence-electron chi connectivity index (χ4n) is 10.3. The van der Waals surface area contributed by atoms with E-state index in [4.69, 9.17) is 9.47 Å². The molecule has 0 unspecified atom stereocenters. The summed E-state index contributed by atoms with van der Waals surface area (Å²) in [6.07, 6.45) is 8.84. The van der Waals surface area contributed by atoms with Crippen LogP contribution in [0.25, 0.3) is 53.6 Å². The Balaban J connectivity index is 0.984. The van der Waals surface area contributed by atoms with E-state index in [0.29, 0.717) is 17.2 Å². The summed E-state index contributed by atoms with van der Waals surface area (Å²) in [7, 11) is 0. The van der Waals surface area contributed by atoms with Crippen molar-refractivity contribution >= 4 is 42.9 Å². The quantitative estimate of drug-likeness (QED) is 0.178. The van der Waals surface area contributed by atoms with E-state index in [-0.39, 0.29) is 0 Å². The van der Waals surface area contributed by atoms with Crippen LogP contribution in [0.2, 0.25) is 0 Å². The van der Waals surface area contributed by atoms with Crippen LogP contribution in [-0.4, -0.2) is 0 Å². The van der Waals surface area contributed by atoms with Crippen molar-refractivity contribution in [2.24, 2.45) is 0 Å². The minimum atomic E-state index is -0.477. The molecule has 1 spiro atoms. The first-order valence-corrected chi connectivity index (χ1v) is 21.2. The van der Waals surface area contributed by atoms with Gasteiger partial charge in [0.05, 0.1) is 16.8 Å². The molecule has 9 aromatic rings. The molecule has 3 aliphatic carbocycles. The SMILES string of the molecule is C1=CC(N(c2ccccc2-c2ccc3c(c2)sc2ccccc23)c2cccc3c2Oc2cc4c(cc2O3)-c2ccccc2C42c3ccccc3-c3ccccc32)=CCC1. The van der Waals surface area contributed by atoms with Crippen molar-refractivity contribution in [3.63, 3.8) is 0 Å². The van der Waals surface area contributed by atoms with Gasteiger partial charge in [-0.1, -0.05) is 140 Å². The van der Waals surface area contributed by atoms with Crippen molar-refractivity contribution in [3.8, 4) is 56.4 Å². The third-order valence-electron chi connectivity index (χ3n) is 12.8. The number of hydrogen-bond donors (Lipinski definition) is 0. The van der Waals surface area contributed by atoms with Crippen LogP contribution in [0.15, 0.2) is 194 Å². The Labute approximate surface area is 346 Å². The Bertz CT molecular complexity index is 3270. The van der Waals surface area contributed by atoms with Crippen LogP contribution in [0.5, 0.6) is 23.0 Å². The maximum atomic E-state index is 7.23. The summed E-state index contributed by atoms with van der Waals surface area (Å²) in [5.74, 6) is 2.84. The predicted molar refractivity (Wildman–Crippen MR) is 243 cm³/mol. The molecule has 0 saturated carbocycles. The fourth-order valence-corrected chi connectivity index (χ4v) is 11.5. The molecule has 8 aromatic carbocycles. The Morgan fingerprint density at radius 3 is 1.86 bits per heavy atom. The van der Waals surface area contributed by atoms with Gasteiger partial charge in [-0.05, 0) is 111 Å². The molecule has 13 rings (SSSR count). The van der Waals surface area contributed by atoms with E-state index in [0.717, 1.165) is 41.2 Å². The highest BCUT2D eigenvalue weighted by Crippen LogP contribution is 2.65. The van der Waals surface area contributed by atoms with E-state index in [1.165, 1.54) is 70.2 Å². The first kappa shape index (κ1) is 32.9. The number of rotatable bonds is 4. The molecule has 4 heteroatoms. The number of benzene rings is 8. The molecule has 0 atom stereocenters. The molecule has 0 bridgehead atoms. The second-order valence-electron chi connectivity index (χ2n) is 15.8. The molecule has 0 amide bonds. The van der Waals surface area contributed by atoms with Crippen molar-refractivity contribution in [1.82, 2.24) is 0 Å². The lowest BCUT2D eigenvalue weighted by atomic mass is 9.70. The van der Waals surface area contributed by atoms with Gasteiger partial charge in [0.2, 0.25) is 0 Å². The number of para-hydroxylation sites is 2. The largest absolute Gasteiger partial charge is 0.449 e. The molecule has 3 nitrogen and oxygen atoms in total. The van der Waals surface area contributed by atoms with E-state index in [1.54, 1.807) is 0 Å². The second kappa shape index (κ2) is 12.4. The molecule has 0 N–H and O–H groups in total. The normalized spacial score (nSPS) is 14.7. The third-order valence-corrected chi connectivity index (χ3v) is 13.9. The fraction of sp³-hybridized carbons (Fsp3) is 0.0545. The van der Waals surface area contributed by atoms with Gasteiger partial charge in [-0.2, -0.15) is 0 Å².